The van der Waals surface area contributed by atoms with Crippen molar-refractivity contribution in [2.45, 2.75) is 39.0 Å². The zero-order valence-electron chi connectivity index (χ0n) is 11.7. The Kier molecular flexibility index (Phi) is 4.45. The molecule has 0 aliphatic carbocycles. The molecule has 1 amide bonds. The molecule has 0 bridgehead atoms. The van der Waals surface area contributed by atoms with E-state index in [9.17, 15) is 14.7 Å². The molecule has 2 N–H and O–H groups in total. The number of carboxylic acid groups (broad SMARTS) is 1. The summed E-state index contributed by atoms with van der Waals surface area (Å²) in [5, 5.41) is 12.7. The average Bonchev–Trinajstić information content (AvgIpc) is 2.85. The number of nitrogens with one attached hydrogen (secondary N) is 1. The summed E-state index contributed by atoms with van der Waals surface area (Å²) in [5.74, 6) is -0.558. The SMILES string of the molecule is CCCC1(C(=O)O)CCN(C(=O)[C@@H]2CCCNC2)C1. The van der Waals surface area contributed by atoms with Crippen LogP contribution in [0, 0.1) is 11.3 Å². The zero-order chi connectivity index (χ0) is 13.9. The first kappa shape index (κ1) is 14.3. The van der Waals surface area contributed by atoms with Gasteiger partial charge in [0.2, 0.25) is 5.91 Å². The molecule has 0 aromatic rings. The molecule has 108 valence electrons. The Morgan fingerprint density at radius 1 is 1.47 bits per heavy atom. The van der Waals surface area contributed by atoms with Gasteiger partial charge < -0.3 is 15.3 Å². The molecule has 0 saturated carbocycles. The van der Waals surface area contributed by atoms with E-state index >= 15 is 0 Å². The third kappa shape index (κ3) is 2.91. The average molecular weight is 268 g/mol. The Morgan fingerprint density at radius 2 is 2.26 bits per heavy atom. The van der Waals surface area contributed by atoms with Gasteiger partial charge in [0.25, 0.3) is 0 Å². The van der Waals surface area contributed by atoms with E-state index in [-0.39, 0.29) is 11.8 Å². The Bertz CT molecular complexity index is 353. The lowest BCUT2D eigenvalue weighted by Crippen LogP contribution is -2.43. The molecule has 0 aromatic carbocycles. The van der Waals surface area contributed by atoms with Crippen molar-refractivity contribution in [2.24, 2.45) is 11.3 Å². The van der Waals surface area contributed by atoms with Crippen LogP contribution in [0.2, 0.25) is 0 Å². The predicted octanol–water partition coefficient (Wildman–Crippen LogP) is 1.09. The largest absolute Gasteiger partial charge is 0.481 e. The van der Waals surface area contributed by atoms with Crippen LogP contribution in [0.4, 0.5) is 0 Å². The maximum atomic E-state index is 12.4. The van der Waals surface area contributed by atoms with Gasteiger partial charge in [-0.3, -0.25) is 9.59 Å². The summed E-state index contributed by atoms with van der Waals surface area (Å²) in [5.41, 5.74) is -0.702. The van der Waals surface area contributed by atoms with Crippen LogP contribution in [0.1, 0.15) is 39.0 Å². The van der Waals surface area contributed by atoms with Crippen molar-refractivity contribution < 1.29 is 14.7 Å². The van der Waals surface area contributed by atoms with Crippen LogP contribution >= 0.6 is 0 Å². The fraction of sp³-hybridized carbons (Fsp3) is 0.857. The van der Waals surface area contributed by atoms with Crippen molar-refractivity contribution >= 4 is 11.9 Å². The van der Waals surface area contributed by atoms with Crippen LogP contribution in [0.3, 0.4) is 0 Å². The number of rotatable bonds is 4. The number of carboxylic acids is 1. The standard InChI is InChI=1S/C14H24N2O3/c1-2-5-14(13(18)19)6-8-16(10-14)12(17)11-4-3-7-15-9-11/h11,15H,2-10H2,1H3,(H,18,19)/t11-,14?/m1/s1. The summed E-state index contributed by atoms with van der Waals surface area (Å²) in [6.07, 6.45) is 4.07. The number of carbonyl (C=O) groups is 2. The Labute approximate surface area is 114 Å². The van der Waals surface area contributed by atoms with E-state index in [0.717, 1.165) is 32.4 Å². The number of piperidine rings is 1. The number of amides is 1. The first-order valence-electron chi connectivity index (χ1n) is 7.32. The van der Waals surface area contributed by atoms with E-state index in [0.29, 0.717) is 25.9 Å². The Hall–Kier alpha value is -1.10. The number of nitrogens with zero attached hydrogens (tertiary/aromatic N) is 1. The summed E-state index contributed by atoms with van der Waals surface area (Å²) < 4.78 is 0. The number of likely N-dealkylation sites (tertiary alicyclic amines) is 1. The van der Waals surface area contributed by atoms with Crippen LogP contribution in [0.25, 0.3) is 0 Å². The molecule has 1 unspecified atom stereocenters. The molecule has 2 atom stereocenters. The predicted molar refractivity (Wildman–Crippen MR) is 71.8 cm³/mol. The molecule has 2 aliphatic rings. The third-order valence-corrected chi connectivity index (χ3v) is 4.49. The van der Waals surface area contributed by atoms with E-state index < -0.39 is 11.4 Å². The van der Waals surface area contributed by atoms with Crippen molar-refractivity contribution in [3.05, 3.63) is 0 Å². The topological polar surface area (TPSA) is 69.6 Å². The second-order valence-electron chi connectivity index (χ2n) is 5.89. The van der Waals surface area contributed by atoms with E-state index in [2.05, 4.69) is 5.32 Å². The smallest absolute Gasteiger partial charge is 0.311 e. The molecule has 2 fully saturated rings. The van der Waals surface area contributed by atoms with Crippen LogP contribution < -0.4 is 5.32 Å². The highest BCUT2D eigenvalue weighted by Crippen LogP contribution is 2.36. The number of carbonyl (C=O) groups excluding carboxylic acids is 1. The summed E-state index contributed by atoms with van der Waals surface area (Å²) in [4.78, 5) is 25.7. The monoisotopic (exact) mass is 268 g/mol. The van der Waals surface area contributed by atoms with Crippen molar-refractivity contribution in [1.82, 2.24) is 10.2 Å². The van der Waals surface area contributed by atoms with Gasteiger partial charge in [0, 0.05) is 19.6 Å². The second kappa shape index (κ2) is 5.90. The van der Waals surface area contributed by atoms with Crippen LogP contribution in [-0.2, 0) is 9.59 Å². The Balaban J connectivity index is 1.99. The molecular weight excluding hydrogens is 244 g/mol. The van der Waals surface area contributed by atoms with E-state index in [4.69, 9.17) is 0 Å². The fourth-order valence-electron chi connectivity index (χ4n) is 3.35. The third-order valence-electron chi connectivity index (χ3n) is 4.49. The van der Waals surface area contributed by atoms with Crippen molar-refractivity contribution in [1.29, 1.82) is 0 Å². The lowest BCUT2D eigenvalue weighted by Gasteiger charge is -2.28. The summed E-state index contributed by atoms with van der Waals surface area (Å²) in [6.45, 7) is 4.72. The highest BCUT2D eigenvalue weighted by atomic mass is 16.4. The minimum absolute atomic E-state index is 0.0416. The normalized spacial score (nSPS) is 31.4. The van der Waals surface area contributed by atoms with Crippen LogP contribution in [-0.4, -0.2) is 48.1 Å². The highest BCUT2D eigenvalue weighted by Gasteiger charge is 2.46. The van der Waals surface area contributed by atoms with Gasteiger partial charge in [0.15, 0.2) is 0 Å². The molecule has 0 spiro atoms. The maximum Gasteiger partial charge on any atom is 0.311 e. The fourth-order valence-corrected chi connectivity index (χ4v) is 3.35. The van der Waals surface area contributed by atoms with E-state index in [1.54, 1.807) is 4.90 Å². The molecule has 2 heterocycles. The molecule has 5 nitrogen and oxygen atoms in total. The molecule has 0 aromatic heterocycles. The lowest BCUT2D eigenvalue weighted by molar-refractivity contribution is -0.149. The Morgan fingerprint density at radius 3 is 2.84 bits per heavy atom. The van der Waals surface area contributed by atoms with Gasteiger partial charge in [-0.05, 0) is 32.2 Å². The summed E-state index contributed by atoms with van der Waals surface area (Å²) in [6, 6.07) is 0. The van der Waals surface area contributed by atoms with Crippen LogP contribution in [0.5, 0.6) is 0 Å². The minimum Gasteiger partial charge on any atom is -0.481 e. The molecule has 2 rings (SSSR count). The summed E-state index contributed by atoms with van der Waals surface area (Å²) in [7, 11) is 0. The van der Waals surface area contributed by atoms with Crippen molar-refractivity contribution in [3.8, 4) is 0 Å². The van der Waals surface area contributed by atoms with Crippen molar-refractivity contribution in [2.75, 3.05) is 26.2 Å². The molecule has 19 heavy (non-hydrogen) atoms. The van der Waals surface area contributed by atoms with Gasteiger partial charge >= 0.3 is 5.97 Å². The minimum atomic E-state index is -0.744. The van der Waals surface area contributed by atoms with Gasteiger partial charge in [0.05, 0.1) is 11.3 Å². The van der Waals surface area contributed by atoms with E-state index in [1.165, 1.54) is 0 Å². The van der Waals surface area contributed by atoms with Gasteiger partial charge in [-0.2, -0.15) is 0 Å². The molecular formula is C14H24N2O3. The number of hydrogen-bond donors (Lipinski definition) is 2. The maximum absolute atomic E-state index is 12.4. The molecule has 5 heteroatoms. The highest BCUT2D eigenvalue weighted by molar-refractivity contribution is 5.82. The first-order chi connectivity index (χ1) is 9.09. The zero-order valence-corrected chi connectivity index (χ0v) is 11.7. The number of aliphatic carboxylic acids is 1. The number of hydrogen-bond acceptors (Lipinski definition) is 3. The van der Waals surface area contributed by atoms with Gasteiger partial charge in [0.1, 0.15) is 0 Å². The summed E-state index contributed by atoms with van der Waals surface area (Å²) >= 11 is 0. The quantitative estimate of drug-likeness (QED) is 0.801. The van der Waals surface area contributed by atoms with Gasteiger partial charge in [-0.25, -0.2) is 0 Å². The second-order valence-corrected chi connectivity index (χ2v) is 5.89. The van der Waals surface area contributed by atoms with Crippen molar-refractivity contribution in [3.63, 3.8) is 0 Å². The first-order valence-corrected chi connectivity index (χ1v) is 7.32. The van der Waals surface area contributed by atoms with Crippen LogP contribution in [0.15, 0.2) is 0 Å². The van der Waals surface area contributed by atoms with Gasteiger partial charge in [-0.1, -0.05) is 13.3 Å². The lowest BCUT2D eigenvalue weighted by atomic mass is 9.82. The molecule has 2 saturated heterocycles. The van der Waals surface area contributed by atoms with E-state index in [1.807, 2.05) is 6.92 Å². The molecule has 2 aliphatic heterocycles. The van der Waals surface area contributed by atoms with Gasteiger partial charge in [-0.15, -0.1) is 0 Å². The molecule has 0 radical (unpaired) electrons.